The number of hydrogen-bond acceptors (Lipinski definition) is 10. The Morgan fingerprint density at radius 1 is 1.09 bits per heavy atom. The maximum absolute atomic E-state index is 13.0. The number of aromatic nitrogens is 2. The molecule has 0 saturated carbocycles. The summed E-state index contributed by atoms with van der Waals surface area (Å²) in [6.45, 7) is 1.87. The lowest BCUT2D eigenvalue weighted by Crippen LogP contribution is -2.47. The molecule has 0 atom stereocenters. The van der Waals surface area contributed by atoms with E-state index in [-0.39, 0.29) is 26.6 Å². The van der Waals surface area contributed by atoms with Crippen molar-refractivity contribution >= 4 is 27.5 Å². The minimum Gasteiger partial charge on any atom is -0.497 e. The predicted octanol–water partition coefficient (Wildman–Crippen LogP) is 2.74. The second kappa shape index (κ2) is 9.47. The number of ether oxygens (including phenoxy) is 1. The Hall–Kier alpha value is -3.00. The molecule has 174 valence electrons. The minimum atomic E-state index is -3.84. The van der Waals surface area contributed by atoms with Crippen LogP contribution in [0, 0.1) is 10.1 Å². The fraction of sp³-hybridized carbons (Fsp3) is 0.300. The number of likely N-dealkylation sites (N-methyl/N-ethyl adjacent to an activating group) is 1. The van der Waals surface area contributed by atoms with Crippen molar-refractivity contribution in [3.05, 3.63) is 52.6 Å². The van der Waals surface area contributed by atoms with E-state index in [9.17, 15) is 18.5 Å². The molecular weight excluding hydrogens is 470 g/mol. The number of hydrogen-bond donors (Lipinski definition) is 0. The van der Waals surface area contributed by atoms with Gasteiger partial charge in [-0.3, -0.25) is 10.1 Å². The third-order valence-electron chi connectivity index (χ3n) is 5.17. The van der Waals surface area contributed by atoms with E-state index in [0.29, 0.717) is 37.5 Å². The van der Waals surface area contributed by atoms with Crippen LogP contribution in [0.2, 0.25) is 0 Å². The van der Waals surface area contributed by atoms with Gasteiger partial charge in [-0.05, 0) is 55.2 Å². The first-order valence-corrected chi connectivity index (χ1v) is 12.2. The van der Waals surface area contributed by atoms with Gasteiger partial charge in [0.1, 0.15) is 5.75 Å². The molecule has 0 bridgehead atoms. The van der Waals surface area contributed by atoms with Crippen LogP contribution in [0.5, 0.6) is 5.75 Å². The van der Waals surface area contributed by atoms with Crippen molar-refractivity contribution in [3.8, 4) is 17.2 Å². The molecule has 13 heteroatoms. The maximum atomic E-state index is 13.0. The standard InChI is InChI=1S/C20H21N5O6S2/c1-23-9-11-24(12-10-23)33(28,29)16-7-8-18(17(13-16)25(26)27)32-20-22-21-19(31-20)14-3-5-15(30-2)6-4-14/h3-8,13H,9-12H2,1-2H3. The molecule has 0 amide bonds. The van der Waals surface area contributed by atoms with Crippen molar-refractivity contribution in [1.29, 1.82) is 0 Å². The molecule has 1 aliphatic rings. The Kier molecular flexibility index (Phi) is 6.65. The highest BCUT2D eigenvalue weighted by Gasteiger charge is 2.30. The summed E-state index contributed by atoms with van der Waals surface area (Å²) in [4.78, 5) is 13.2. The zero-order valence-corrected chi connectivity index (χ0v) is 19.5. The van der Waals surface area contributed by atoms with Crippen LogP contribution in [0.1, 0.15) is 0 Å². The van der Waals surface area contributed by atoms with Crippen LogP contribution in [0.4, 0.5) is 5.69 Å². The van der Waals surface area contributed by atoms with Crippen molar-refractivity contribution in [2.75, 3.05) is 40.3 Å². The summed E-state index contributed by atoms with van der Waals surface area (Å²) < 4.78 is 38.0. The van der Waals surface area contributed by atoms with Crippen LogP contribution in [-0.2, 0) is 10.0 Å². The molecule has 0 N–H and O–H groups in total. The van der Waals surface area contributed by atoms with Gasteiger partial charge in [0.15, 0.2) is 0 Å². The van der Waals surface area contributed by atoms with E-state index in [4.69, 9.17) is 9.15 Å². The predicted molar refractivity (Wildman–Crippen MR) is 120 cm³/mol. The van der Waals surface area contributed by atoms with Gasteiger partial charge in [0, 0.05) is 37.8 Å². The monoisotopic (exact) mass is 491 g/mol. The van der Waals surface area contributed by atoms with E-state index in [2.05, 4.69) is 10.2 Å². The van der Waals surface area contributed by atoms with Gasteiger partial charge in [0.05, 0.1) is 21.8 Å². The van der Waals surface area contributed by atoms with Gasteiger partial charge in [0.25, 0.3) is 10.9 Å². The first-order chi connectivity index (χ1) is 15.8. The maximum Gasteiger partial charge on any atom is 0.284 e. The molecule has 0 radical (unpaired) electrons. The summed E-state index contributed by atoms with van der Waals surface area (Å²) in [7, 11) is -0.362. The molecular formula is C20H21N5O6S2. The summed E-state index contributed by atoms with van der Waals surface area (Å²) in [6.07, 6.45) is 0. The van der Waals surface area contributed by atoms with Crippen LogP contribution in [0.3, 0.4) is 0 Å². The lowest BCUT2D eigenvalue weighted by atomic mass is 10.2. The average molecular weight is 492 g/mol. The van der Waals surface area contributed by atoms with Crippen LogP contribution < -0.4 is 4.74 Å². The van der Waals surface area contributed by atoms with Gasteiger partial charge in [-0.1, -0.05) is 0 Å². The number of methoxy groups -OCH3 is 1. The molecule has 33 heavy (non-hydrogen) atoms. The molecule has 4 rings (SSSR count). The number of piperazine rings is 1. The molecule has 1 aromatic heterocycles. The first kappa shape index (κ1) is 23.2. The lowest BCUT2D eigenvalue weighted by molar-refractivity contribution is -0.388. The summed E-state index contributed by atoms with van der Waals surface area (Å²) in [5.74, 6) is 0.923. The van der Waals surface area contributed by atoms with Gasteiger partial charge in [-0.15, -0.1) is 10.2 Å². The van der Waals surface area contributed by atoms with E-state index in [0.717, 1.165) is 17.8 Å². The Labute approximate surface area is 194 Å². The number of sulfonamides is 1. The number of nitro groups is 1. The van der Waals surface area contributed by atoms with Crippen LogP contribution >= 0.6 is 11.8 Å². The molecule has 11 nitrogen and oxygen atoms in total. The van der Waals surface area contributed by atoms with E-state index >= 15 is 0 Å². The quantitative estimate of drug-likeness (QED) is 0.359. The summed E-state index contributed by atoms with van der Waals surface area (Å²) in [5, 5.41) is 19.7. The van der Waals surface area contributed by atoms with E-state index in [1.165, 1.54) is 16.4 Å². The number of benzene rings is 2. The summed E-state index contributed by atoms with van der Waals surface area (Å²) >= 11 is 0.899. The lowest BCUT2D eigenvalue weighted by Gasteiger charge is -2.31. The Morgan fingerprint density at radius 2 is 1.79 bits per heavy atom. The van der Waals surface area contributed by atoms with Gasteiger partial charge in [-0.25, -0.2) is 8.42 Å². The summed E-state index contributed by atoms with van der Waals surface area (Å²) in [6, 6.07) is 10.8. The van der Waals surface area contributed by atoms with Gasteiger partial charge in [0.2, 0.25) is 15.9 Å². The molecule has 0 spiro atoms. The Bertz CT molecular complexity index is 1250. The third-order valence-corrected chi connectivity index (χ3v) is 7.97. The molecule has 0 aliphatic carbocycles. The van der Waals surface area contributed by atoms with Crippen molar-refractivity contribution < 1.29 is 22.5 Å². The van der Waals surface area contributed by atoms with Crippen molar-refractivity contribution in [2.24, 2.45) is 0 Å². The van der Waals surface area contributed by atoms with Crippen molar-refractivity contribution in [1.82, 2.24) is 19.4 Å². The SMILES string of the molecule is COc1ccc(-c2nnc(Sc3ccc(S(=O)(=O)N4CCN(C)CC4)cc3[N+](=O)[O-])o2)cc1. The van der Waals surface area contributed by atoms with Gasteiger partial charge in [-0.2, -0.15) is 4.31 Å². The smallest absolute Gasteiger partial charge is 0.284 e. The molecule has 2 heterocycles. The minimum absolute atomic E-state index is 0.0959. The summed E-state index contributed by atoms with van der Waals surface area (Å²) in [5.41, 5.74) is 0.317. The van der Waals surface area contributed by atoms with Crippen molar-refractivity contribution in [3.63, 3.8) is 0 Å². The second-order valence-electron chi connectivity index (χ2n) is 7.30. The zero-order valence-electron chi connectivity index (χ0n) is 17.9. The van der Waals surface area contributed by atoms with E-state index < -0.39 is 14.9 Å². The fourth-order valence-corrected chi connectivity index (χ4v) is 5.47. The molecule has 1 saturated heterocycles. The molecule has 2 aromatic carbocycles. The topological polar surface area (TPSA) is 132 Å². The Balaban J connectivity index is 1.57. The molecule has 3 aromatic rings. The van der Waals surface area contributed by atoms with Crippen LogP contribution in [0.15, 0.2) is 61.9 Å². The number of rotatable bonds is 7. The number of nitro benzene ring substituents is 1. The zero-order chi connectivity index (χ0) is 23.6. The molecule has 1 fully saturated rings. The first-order valence-electron chi connectivity index (χ1n) is 9.91. The van der Waals surface area contributed by atoms with Crippen molar-refractivity contribution in [2.45, 2.75) is 15.0 Å². The second-order valence-corrected chi connectivity index (χ2v) is 10.2. The molecule has 1 aliphatic heterocycles. The van der Waals surface area contributed by atoms with Crippen LogP contribution in [0.25, 0.3) is 11.5 Å². The van der Waals surface area contributed by atoms with Gasteiger partial charge < -0.3 is 14.1 Å². The van der Waals surface area contributed by atoms with Gasteiger partial charge >= 0.3 is 0 Å². The molecule has 0 unspecified atom stereocenters. The van der Waals surface area contributed by atoms with Crippen LogP contribution in [-0.4, -0.2) is 73.1 Å². The van der Waals surface area contributed by atoms with E-state index in [1.807, 2.05) is 11.9 Å². The normalized spacial score (nSPS) is 15.5. The fourth-order valence-electron chi connectivity index (χ4n) is 3.26. The number of nitrogens with zero attached hydrogens (tertiary/aromatic N) is 5. The largest absolute Gasteiger partial charge is 0.497 e. The highest BCUT2D eigenvalue weighted by Crippen LogP contribution is 2.37. The highest BCUT2D eigenvalue weighted by molar-refractivity contribution is 7.99. The third kappa shape index (κ3) is 5.00. The Morgan fingerprint density at radius 3 is 2.42 bits per heavy atom. The average Bonchev–Trinajstić information content (AvgIpc) is 3.28. The highest BCUT2D eigenvalue weighted by atomic mass is 32.2. The van der Waals surface area contributed by atoms with E-state index in [1.54, 1.807) is 31.4 Å².